The van der Waals surface area contributed by atoms with Crippen LogP contribution in [-0.2, 0) is 6.54 Å². The molecule has 0 saturated carbocycles. The zero-order chi connectivity index (χ0) is 23.7. The number of nitrogens with zero attached hydrogens (tertiary/aromatic N) is 4. The average Bonchev–Trinajstić information content (AvgIpc) is 3.45. The molecule has 0 radical (unpaired) electrons. The van der Waals surface area contributed by atoms with E-state index in [1.54, 1.807) is 11.3 Å². The molecule has 172 valence electrons. The summed E-state index contributed by atoms with van der Waals surface area (Å²) >= 11 is 1.62. The lowest BCUT2D eigenvalue weighted by Gasteiger charge is -2.39. The highest BCUT2D eigenvalue weighted by Crippen LogP contribution is 2.30. The van der Waals surface area contributed by atoms with Gasteiger partial charge in [0, 0.05) is 37.0 Å². The molecule has 4 aromatic rings. The van der Waals surface area contributed by atoms with Crippen LogP contribution in [0.1, 0.15) is 45.6 Å². The number of carbonyl (C=O) groups is 1. The van der Waals surface area contributed by atoms with Gasteiger partial charge in [-0.2, -0.15) is 11.3 Å². The number of fused-ring (bicyclic) bond motifs is 1. The first-order valence-electron chi connectivity index (χ1n) is 11.3. The van der Waals surface area contributed by atoms with Crippen LogP contribution in [0.4, 0.5) is 5.82 Å². The summed E-state index contributed by atoms with van der Waals surface area (Å²) in [4.78, 5) is 23.7. The Hall–Kier alpha value is -3.67. The molecule has 1 aliphatic heterocycles. The van der Waals surface area contributed by atoms with E-state index in [1.807, 2.05) is 48.1 Å². The monoisotopic (exact) mass is 470 g/mol. The number of hydrogen-bond donors (Lipinski definition) is 2. The SMILES string of the molecule is CCN1CC(n2cc(C#Cc3cc(C(=O)NCc4ccsc4)ccc3C)c3c(N)ncnc32)C1. The fourth-order valence-electron chi connectivity index (χ4n) is 4.17. The minimum atomic E-state index is -0.117. The molecule has 1 aromatic carbocycles. The summed E-state index contributed by atoms with van der Waals surface area (Å²) in [6.07, 6.45) is 3.54. The fraction of sp³-hybridized carbons (Fsp3) is 0.269. The van der Waals surface area contributed by atoms with Crippen molar-refractivity contribution in [1.82, 2.24) is 24.8 Å². The molecule has 0 atom stereocenters. The Morgan fingerprint density at radius 1 is 1.24 bits per heavy atom. The fourth-order valence-corrected chi connectivity index (χ4v) is 4.84. The van der Waals surface area contributed by atoms with E-state index < -0.39 is 0 Å². The molecule has 5 rings (SSSR count). The summed E-state index contributed by atoms with van der Waals surface area (Å²) in [5.74, 6) is 6.85. The first kappa shape index (κ1) is 22.1. The standard InChI is InChI=1S/C26H26N6OS/c1-3-31-13-22(14-31)32-12-21(23-24(27)29-16-30-25(23)32)7-6-19-10-20(5-4-17(19)2)26(33)28-11-18-8-9-34-15-18/h4-5,8-10,12,15-16,22H,3,11,13-14H2,1-2H3,(H,28,33)(H2,27,29,30). The summed E-state index contributed by atoms with van der Waals surface area (Å²) in [5.41, 5.74) is 11.3. The van der Waals surface area contributed by atoms with Crippen LogP contribution in [0.2, 0.25) is 0 Å². The van der Waals surface area contributed by atoms with Crippen LogP contribution < -0.4 is 11.1 Å². The van der Waals surface area contributed by atoms with Gasteiger partial charge in [0.05, 0.1) is 17.0 Å². The third-order valence-electron chi connectivity index (χ3n) is 6.28. The maximum Gasteiger partial charge on any atom is 0.251 e. The van der Waals surface area contributed by atoms with Crippen molar-refractivity contribution in [2.45, 2.75) is 26.4 Å². The van der Waals surface area contributed by atoms with Gasteiger partial charge in [-0.05, 0) is 53.6 Å². The lowest BCUT2D eigenvalue weighted by Crippen LogP contribution is -2.47. The number of benzene rings is 1. The predicted octanol–water partition coefficient (Wildman–Crippen LogP) is 3.59. The molecule has 7 nitrogen and oxygen atoms in total. The minimum absolute atomic E-state index is 0.117. The van der Waals surface area contributed by atoms with E-state index in [4.69, 9.17) is 5.73 Å². The van der Waals surface area contributed by atoms with Crippen molar-refractivity contribution in [3.05, 3.63) is 75.4 Å². The Balaban J connectivity index is 1.43. The van der Waals surface area contributed by atoms with Crippen molar-refractivity contribution >= 4 is 34.1 Å². The third kappa shape index (κ3) is 4.28. The molecule has 1 aliphatic rings. The van der Waals surface area contributed by atoms with Gasteiger partial charge in [-0.1, -0.05) is 24.8 Å². The summed E-state index contributed by atoms with van der Waals surface area (Å²) < 4.78 is 2.17. The number of anilines is 1. The van der Waals surface area contributed by atoms with Crippen LogP contribution in [0.25, 0.3) is 11.0 Å². The number of amides is 1. The summed E-state index contributed by atoms with van der Waals surface area (Å²) in [5, 5.41) is 7.78. The molecule has 1 saturated heterocycles. The number of nitrogen functional groups attached to an aromatic ring is 1. The topological polar surface area (TPSA) is 89.1 Å². The van der Waals surface area contributed by atoms with Crippen LogP contribution in [0, 0.1) is 18.8 Å². The predicted molar refractivity (Wildman–Crippen MR) is 136 cm³/mol. The second-order valence-electron chi connectivity index (χ2n) is 8.51. The molecular formula is C26H26N6OS. The minimum Gasteiger partial charge on any atom is -0.383 e. The van der Waals surface area contributed by atoms with E-state index in [2.05, 4.69) is 43.5 Å². The second-order valence-corrected chi connectivity index (χ2v) is 9.29. The van der Waals surface area contributed by atoms with Crippen LogP contribution >= 0.6 is 11.3 Å². The molecule has 34 heavy (non-hydrogen) atoms. The van der Waals surface area contributed by atoms with Crippen molar-refractivity contribution in [2.24, 2.45) is 0 Å². The van der Waals surface area contributed by atoms with Crippen molar-refractivity contribution in [1.29, 1.82) is 0 Å². The van der Waals surface area contributed by atoms with E-state index in [0.717, 1.165) is 52.9 Å². The van der Waals surface area contributed by atoms with Gasteiger partial charge >= 0.3 is 0 Å². The van der Waals surface area contributed by atoms with Gasteiger partial charge in [0.2, 0.25) is 0 Å². The molecule has 8 heteroatoms. The highest BCUT2D eigenvalue weighted by Gasteiger charge is 2.29. The first-order chi connectivity index (χ1) is 16.5. The molecule has 1 amide bonds. The number of nitrogens with one attached hydrogen (secondary N) is 1. The van der Waals surface area contributed by atoms with Crippen LogP contribution in [0.3, 0.4) is 0 Å². The van der Waals surface area contributed by atoms with E-state index >= 15 is 0 Å². The normalized spacial score (nSPS) is 13.9. The van der Waals surface area contributed by atoms with Gasteiger partial charge in [0.1, 0.15) is 17.8 Å². The Bertz CT molecular complexity index is 1410. The van der Waals surface area contributed by atoms with Crippen LogP contribution in [0.5, 0.6) is 0 Å². The van der Waals surface area contributed by atoms with Gasteiger partial charge in [0.15, 0.2) is 0 Å². The van der Waals surface area contributed by atoms with Gasteiger partial charge in [-0.3, -0.25) is 9.69 Å². The number of likely N-dealkylation sites (tertiary alicyclic amines) is 1. The highest BCUT2D eigenvalue weighted by molar-refractivity contribution is 7.07. The zero-order valence-electron chi connectivity index (χ0n) is 19.2. The molecule has 0 unspecified atom stereocenters. The van der Waals surface area contributed by atoms with E-state index in [9.17, 15) is 4.79 Å². The molecule has 3 N–H and O–H groups in total. The molecule has 0 spiro atoms. The van der Waals surface area contributed by atoms with Gasteiger partial charge in [-0.25, -0.2) is 9.97 Å². The number of rotatable bonds is 5. The lowest BCUT2D eigenvalue weighted by molar-refractivity contribution is 0.0951. The molecule has 1 fully saturated rings. The van der Waals surface area contributed by atoms with Crippen LogP contribution in [0.15, 0.2) is 47.5 Å². The number of thiophene rings is 1. The highest BCUT2D eigenvalue weighted by atomic mass is 32.1. The second kappa shape index (κ2) is 9.29. The Labute approximate surface area is 202 Å². The van der Waals surface area contributed by atoms with Crippen molar-refractivity contribution in [2.75, 3.05) is 25.4 Å². The van der Waals surface area contributed by atoms with Gasteiger partial charge in [-0.15, -0.1) is 0 Å². The first-order valence-corrected chi connectivity index (χ1v) is 12.2. The zero-order valence-corrected chi connectivity index (χ0v) is 20.0. The molecule has 3 aromatic heterocycles. The van der Waals surface area contributed by atoms with E-state index in [0.29, 0.717) is 24.0 Å². The molecule has 0 bridgehead atoms. The van der Waals surface area contributed by atoms with Crippen molar-refractivity contribution in [3.8, 4) is 11.8 Å². The Morgan fingerprint density at radius 2 is 2.06 bits per heavy atom. The largest absolute Gasteiger partial charge is 0.383 e. The summed E-state index contributed by atoms with van der Waals surface area (Å²) in [6, 6.07) is 7.96. The molecule has 4 heterocycles. The molecular weight excluding hydrogens is 444 g/mol. The summed E-state index contributed by atoms with van der Waals surface area (Å²) in [6.45, 7) is 7.67. The maximum atomic E-state index is 12.7. The third-order valence-corrected chi connectivity index (χ3v) is 7.01. The van der Waals surface area contributed by atoms with Crippen molar-refractivity contribution < 1.29 is 4.79 Å². The smallest absolute Gasteiger partial charge is 0.251 e. The number of aromatic nitrogens is 3. The van der Waals surface area contributed by atoms with Gasteiger partial charge < -0.3 is 15.6 Å². The Kier molecular flexibility index (Phi) is 6.05. The van der Waals surface area contributed by atoms with Gasteiger partial charge in [0.25, 0.3) is 5.91 Å². The molecule has 0 aliphatic carbocycles. The Morgan fingerprint density at radius 3 is 2.82 bits per heavy atom. The van der Waals surface area contributed by atoms with Crippen molar-refractivity contribution in [3.63, 3.8) is 0 Å². The number of aryl methyl sites for hydroxylation is 1. The number of nitrogens with two attached hydrogens (primary N) is 1. The quantitative estimate of drug-likeness (QED) is 0.435. The number of hydrogen-bond acceptors (Lipinski definition) is 6. The van der Waals surface area contributed by atoms with E-state index in [1.165, 1.54) is 6.33 Å². The lowest BCUT2D eigenvalue weighted by atomic mass is 10.0. The number of likely N-dealkylation sites (N-methyl/N-ethyl adjacent to an activating group) is 1. The maximum absolute atomic E-state index is 12.7. The average molecular weight is 471 g/mol. The summed E-state index contributed by atoms with van der Waals surface area (Å²) in [7, 11) is 0. The number of carbonyl (C=O) groups excluding carboxylic acids is 1. The van der Waals surface area contributed by atoms with E-state index in [-0.39, 0.29) is 5.91 Å². The van der Waals surface area contributed by atoms with Crippen LogP contribution in [-0.4, -0.2) is 45.0 Å².